The van der Waals surface area contributed by atoms with Crippen molar-refractivity contribution in [2.24, 2.45) is 0 Å². The van der Waals surface area contributed by atoms with E-state index in [0.29, 0.717) is 0 Å². The van der Waals surface area contributed by atoms with Gasteiger partial charge in [0.15, 0.2) is 0 Å². The van der Waals surface area contributed by atoms with E-state index < -0.39 is 27.6 Å². The molecule has 0 bridgehead atoms. The van der Waals surface area contributed by atoms with Crippen LogP contribution in [0.3, 0.4) is 0 Å². The number of alkyl halides is 3. The third-order valence-electron chi connectivity index (χ3n) is 5.41. The van der Waals surface area contributed by atoms with Crippen molar-refractivity contribution in [3.63, 3.8) is 0 Å². The van der Waals surface area contributed by atoms with Gasteiger partial charge in [-0.05, 0) is 51.3 Å². The number of amides is 1. The van der Waals surface area contributed by atoms with E-state index in [2.05, 4.69) is 0 Å². The lowest BCUT2D eigenvalue weighted by molar-refractivity contribution is -0.217. The van der Waals surface area contributed by atoms with Crippen LogP contribution in [0.1, 0.15) is 56.8 Å². The Kier molecular flexibility index (Phi) is 6.50. The molecule has 1 aliphatic heterocycles. The largest absolute Gasteiger partial charge is 0.411 e. The summed E-state index contributed by atoms with van der Waals surface area (Å²) in [6.45, 7) is 5.07. The molecule has 0 saturated carbocycles. The smallest absolute Gasteiger partial charge is 0.324 e. The van der Waals surface area contributed by atoms with Crippen LogP contribution in [0, 0.1) is 0 Å². The van der Waals surface area contributed by atoms with Crippen LogP contribution in [-0.4, -0.2) is 54.9 Å². The molecule has 2 rings (SSSR count). The molecule has 158 valence electrons. The molecule has 1 saturated heterocycles. The molecular formula is C19H27F3N2O3S. The summed E-state index contributed by atoms with van der Waals surface area (Å²) in [5.74, 6) is -0.785. The van der Waals surface area contributed by atoms with Gasteiger partial charge in [-0.3, -0.25) is 4.79 Å². The molecule has 1 aliphatic rings. The first-order valence-corrected chi connectivity index (χ1v) is 10.8. The summed E-state index contributed by atoms with van der Waals surface area (Å²) in [6, 6.07) is 4.96. The third-order valence-corrected chi connectivity index (χ3v) is 7.44. The van der Waals surface area contributed by atoms with E-state index in [-0.39, 0.29) is 48.7 Å². The Hall–Kier alpha value is -1.61. The molecule has 0 radical (unpaired) electrons. The van der Waals surface area contributed by atoms with Gasteiger partial charge < -0.3 is 4.90 Å². The summed E-state index contributed by atoms with van der Waals surface area (Å²) in [5.41, 5.74) is -2.24. The maximum Gasteiger partial charge on any atom is 0.411 e. The second-order valence-electron chi connectivity index (χ2n) is 7.48. The van der Waals surface area contributed by atoms with Crippen molar-refractivity contribution in [2.45, 2.75) is 69.1 Å². The Morgan fingerprint density at radius 1 is 1.32 bits per heavy atom. The zero-order valence-electron chi connectivity index (χ0n) is 16.6. The lowest BCUT2D eigenvalue weighted by atomic mass is 9.89. The van der Waals surface area contributed by atoms with Crippen LogP contribution >= 0.6 is 0 Å². The van der Waals surface area contributed by atoms with Gasteiger partial charge >= 0.3 is 6.18 Å². The molecule has 1 amide bonds. The predicted octanol–water partition coefficient (Wildman–Crippen LogP) is 4.05. The van der Waals surface area contributed by atoms with Crippen molar-refractivity contribution in [3.8, 4) is 0 Å². The van der Waals surface area contributed by atoms with Gasteiger partial charge in [-0.1, -0.05) is 19.4 Å². The second-order valence-corrected chi connectivity index (χ2v) is 9.48. The van der Waals surface area contributed by atoms with Crippen molar-refractivity contribution >= 4 is 15.9 Å². The molecule has 0 N–H and O–H groups in total. The topological polar surface area (TPSA) is 57.7 Å². The zero-order chi connectivity index (χ0) is 21.3. The Morgan fingerprint density at radius 3 is 2.50 bits per heavy atom. The van der Waals surface area contributed by atoms with Crippen molar-refractivity contribution in [1.82, 2.24) is 9.21 Å². The van der Waals surface area contributed by atoms with Gasteiger partial charge in [0.05, 0.1) is 4.90 Å². The normalized spacial score (nSPS) is 21.0. The maximum absolute atomic E-state index is 13.9. The molecule has 0 aliphatic carbocycles. The maximum atomic E-state index is 13.9. The van der Waals surface area contributed by atoms with E-state index in [1.807, 2.05) is 0 Å². The highest BCUT2D eigenvalue weighted by molar-refractivity contribution is 7.89. The lowest BCUT2D eigenvalue weighted by Gasteiger charge is -2.40. The molecule has 0 unspecified atom stereocenters. The third kappa shape index (κ3) is 3.91. The summed E-state index contributed by atoms with van der Waals surface area (Å²) in [4.78, 5) is 13.8. The molecular weight excluding hydrogens is 393 g/mol. The zero-order valence-corrected chi connectivity index (χ0v) is 17.4. The molecule has 1 fully saturated rings. The van der Waals surface area contributed by atoms with Crippen molar-refractivity contribution in [3.05, 3.63) is 29.8 Å². The molecule has 1 aromatic carbocycles. The van der Waals surface area contributed by atoms with E-state index >= 15 is 0 Å². The van der Waals surface area contributed by atoms with Crippen LogP contribution in [0.4, 0.5) is 13.2 Å². The number of hydrogen-bond acceptors (Lipinski definition) is 3. The first kappa shape index (κ1) is 22.7. The Balaban J connectivity index is 2.45. The number of hydrogen-bond donors (Lipinski definition) is 0. The number of nitrogens with zero attached hydrogens (tertiary/aromatic N) is 2. The highest BCUT2D eigenvalue weighted by atomic mass is 32.2. The summed E-state index contributed by atoms with van der Waals surface area (Å²) < 4.78 is 68.2. The second kappa shape index (κ2) is 8.02. The highest BCUT2D eigenvalue weighted by Crippen LogP contribution is 2.46. The van der Waals surface area contributed by atoms with Crippen LogP contribution < -0.4 is 0 Å². The minimum absolute atomic E-state index is 0.00121. The van der Waals surface area contributed by atoms with Crippen molar-refractivity contribution in [1.29, 1.82) is 0 Å². The Labute approximate surface area is 164 Å². The van der Waals surface area contributed by atoms with E-state index in [1.165, 1.54) is 31.3 Å². The fourth-order valence-corrected chi connectivity index (χ4v) is 5.09. The van der Waals surface area contributed by atoms with Gasteiger partial charge in [0, 0.05) is 25.2 Å². The SMILES string of the molecule is CCC[C@]1(C(F)(F)F)CCCN1C(=O)c1cccc(S(=O)(=O)N(C)C(C)C)c1. The monoisotopic (exact) mass is 420 g/mol. The number of carbonyl (C=O) groups is 1. The quantitative estimate of drug-likeness (QED) is 0.698. The van der Waals surface area contributed by atoms with Gasteiger partial charge in [0.1, 0.15) is 5.54 Å². The molecule has 9 heteroatoms. The Morgan fingerprint density at radius 2 is 1.96 bits per heavy atom. The first-order chi connectivity index (χ1) is 12.9. The molecule has 1 atom stereocenters. The number of likely N-dealkylation sites (tertiary alicyclic amines) is 1. The van der Waals surface area contributed by atoms with Crippen LogP contribution in [0.25, 0.3) is 0 Å². The summed E-state index contributed by atoms with van der Waals surface area (Å²) in [5, 5.41) is 0. The number of rotatable bonds is 6. The highest BCUT2D eigenvalue weighted by Gasteiger charge is 2.61. The number of sulfonamides is 1. The van der Waals surface area contributed by atoms with Gasteiger partial charge in [-0.15, -0.1) is 0 Å². The van der Waals surface area contributed by atoms with Crippen LogP contribution in [-0.2, 0) is 10.0 Å². The van der Waals surface area contributed by atoms with Gasteiger partial charge in [0.25, 0.3) is 5.91 Å². The molecule has 1 aromatic rings. The lowest BCUT2D eigenvalue weighted by Crippen LogP contribution is -2.57. The number of carbonyl (C=O) groups excluding carboxylic acids is 1. The van der Waals surface area contributed by atoms with E-state index in [9.17, 15) is 26.4 Å². The summed E-state index contributed by atoms with van der Waals surface area (Å²) >= 11 is 0. The van der Waals surface area contributed by atoms with Gasteiger partial charge in [-0.25, -0.2) is 8.42 Å². The molecule has 28 heavy (non-hydrogen) atoms. The van der Waals surface area contributed by atoms with Crippen LogP contribution in [0.5, 0.6) is 0 Å². The molecule has 1 heterocycles. The standard InChI is InChI=1S/C19H27F3N2O3S/c1-5-10-18(19(20,21)22)11-7-12-24(18)17(25)15-8-6-9-16(13-15)28(26,27)23(4)14(2)3/h6,8-9,13-14H,5,7,10-12H2,1-4H3/t18-/m1/s1. The summed E-state index contributed by atoms with van der Waals surface area (Å²) in [7, 11) is -2.42. The van der Waals surface area contributed by atoms with Gasteiger partial charge in [0.2, 0.25) is 10.0 Å². The minimum atomic E-state index is -4.54. The van der Waals surface area contributed by atoms with Crippen molar-refractivity contribution in [2.75, 3.05) is 13.6 Å². The predicted molar refractivity (Wildman–Crippen MR) is 100 cm³/mol. The Bertz CT molecular complexity index is 824. The van der Waals surface area contributed by atoms with E-state index in [0.717, 1.165) is 9.21 Å². The van der Waals surface area contributed by atoms with Crippen molar-refractivity contribution < 1.29 is 26.4 Å². The first-order valence-electron chi connectivity index (χ1n) is 9.35. The fourth-order valence-electron chi connectivity index (χ4n) is 3.67. The number of halogens is 3. The van der Waals surface area contributed by atoms with Crippen LogP contribution in [0.15, 0.2) is 29.2 Å². The minimum Gasteiger partial charge on any atom is -0.324 e. The summed E-state index contributed by atoms with van der Waals surface area (Å²) in [6.07, 6.45) is -4.30. The molecule has 5 nitrogen and oxygen atoms in total. The van der Waals surface area contributed by atoms with E-state index in [1.54, 1.807) is 20.8 Å². The van der Waals surface area contributed by atoms with Crippen LogP contribution in [0.2, 0.25) is 0 Å². The fraction of sp³-hybridized carbons (Fsp3) is 0.632. The number of benzene rings is 1. The molecule has 0 spiro atoms. The molecule has 0 aromatic heterocycles. The average Bonchev–Trinajstić information content (AvgIpc) is 3.05. The average molecular weight is 420 g/mol. The van der Waals surface area contributed by atoms with E-state index in [4.69, 9.17) is 0 Å². The van der Waals surface area contributed by atoms with Gasteiger partial charge in [-0.2, -0.15) is 17.5 Å².